The first-order chi connectivity index (χ1) is 21.8. The van der Waals surface area contributed by atoms with Crippen LogP contribution >= 0.6 is 22.5 Å². The summed E-state index contributed by atoms with van der Waals surface area (Å²) in [6.07, 6.45) is 1.91. The smallest absolute Gasteiger partial charge is 0.126 e. The molecule has 0 aliphatic carbocycles. The van der Waals surface area contributed by atoms with E-state index in [-0.39, 0.29) is 0 Å². The SMILES string of the molecule is CSS.Cc1cccc(-c2ccccc2)c1O.Cc1cccc(-c2ccccc2)c1O.Cc1cccc(-c2ccccc2)c1O. The molecule has 0 unspecified atom stereocenters. The minimum Gasteiger partial charge on any atom is -0.507 e. The molecule has 230 valence electrons. The van der Waals surface area contributed by atoms with Gasteiger partial charge in [0, 0.05) is 16.7 Å². The van der Waals surface area contributed by atoms with Gasteiger partial charge < -0.3 is 15.3 Å². The summed E-state index contributed by atoms with van der Waals surface area (Å²) in [5.74, 6) is 1.12. The molecule has 6 aromatic rings. The molecule has 0 aliphatic rings. The van der Waals surface area contributed by atoms with Gasteiger partial charge in [-0.3, -0.25) is 0 Å². The van der Waals surface area contributed by atoms with Crippen molar-refractivity contribution in [3.8, 4) is 50.6 Å². The molecule has 0 spiro atoms. The standard InChI is InChI=1S/3C13H12O.CH4S2/c3*1-10-6-5-9-12(13(10)14)11-7-3-2-4-8-11;1-3-2/h3*2-9,14H,1H3;2H,1H3. The molecule has 3 nitrogen and oxygen atoms in total. The van der Waals surface area contributed by atoms with Crippen LogP contribution < -0.4 is 0 Å². The molecule has 3 N–H and O–H groups in total. The maximum atomic E-state index is 9.85. The normalized spacial score (nSPS) is 9.80. The Kier molecular flexibility index (Phi) is 14.2. The molecular formula is C40H40O3S2. The number of phenolic OH excluding ortho intramolecular Hbond substituents is 3. The molecule has 0 radical (unpaired) electrons. The van der Waals surface area contributed by atoms with Gasteiger partial charge in [-0.2, -0.15) is 0 Å². The maximum absolute atomic E-state index is 9.85. The molecule has 0 bridgehead atoms. The van der Waals surface area contributed by atoms with E-state index in [1.165, 1.54) is 10.8 Å². The number of aromatic hydroxyl groups is 3. The average Bonchev–Trinajstić information content (AvgIpc) is 3.07. The number of hydrogen-bond donors (Lipinski definition) is 4. The second-order valence-corrected chi connectivity index (χ2v) is 11.7. The van der Waals surface area contributed by atoms with Crippen LogP contribution in [0.15, 0.2) is 146 Å². The Morgan fingerprint density at radius 3 is 0.822 bits per heavy atom. The predicted octanol–water partition coefficient (Wildman–Crippen LogP) is 11.3. The van der Waals surface area contributed by atoms with Crippen LogP contribution in [-0.2, 0) is 0 Å². The van der Waals surface area contributed by atoms with Crippen LogP contribution in [0.4, 0.5) is 0 Å². The van der Waals surface area contributed by atoms with Crippen molar-refractivity contribution in [2.75, 3.05) is 6.26 Å². The van der Waals surface area contributed by atoms with Gasteiger partial charge in [-0.15, -0.1) is 22.5 Å². The zero-order valence-electron chi connectivity index (χ0n) is 26.1. The summed E-state index contributed by atoms with van der Waals surface area (Å²) in [6.45, 7) is 5.71. The molecule has 0 saturated heterocycles. The highest BCUT2D eigenvalue weighted by molar-refractivity contribution is 8.68. The minimum atomic E-state index is 0.374. The quantitative estimate of drug-likeness (QED) is 0.116. The molecule has 0 fully saturated rings. The molecule has 0 aliphatic heterocycles. The maximum Gasteiger partial charge on any atom is 0.126 e. The van der Waals surface area contributed by atoms with Crippen molar-refractivity contribution in [2.45, 2.75) is 20.8 Å². The number of benzene rings is 6. The van der Waals surface area contributed by atoms with Crippen LogP contribution in [0.1, 0.15) is 16.7 Å². The topological polar surface area (TPSA) is 60.7 Å². The molecular weight excluding hydrogens is 593 g/mol. The Labute approximate surface area is 276 Å². The largest absolute Gasteiger partial charge is 0.507 e. The number of hydrogen-bond acceptors (Lipinski definition) is 5. The van der Waals surface area contributed by atoms with E-state index in [4.69, 9.17) is 0 Å². The summed E-state index contributed by atoms with van der Waals surface area (Å²) in [6, 6.07) is 47.1. The van der Waals surface area contributed by atoms with Gasteiger partial charge in [0.1, 0.15) is 17.2 Å². The summed E-state index contributed by atoms with van der Waals surface area (Å²) in [5.41, 5.74) is 8.56. The molecule has 0 amide bonds. The van der Waals surface area contributed by atoms with Crippen molar-refractivity contribution in [1.82, 2.24) is 0 Å². The van der Waals surface area contributed by atoms with E-state index in [2.05, 4.69) is 11.7 Å². The molecule has 6 aromatic carbocycles. The van der Waals surface area contributed by atoms with Crippen LogP contribution in [0.2, 0.25) is 0 Å². The van der Waals surface area contributed by atoms with E-state index in [0.717, 1.165) is 50.1 Å². The molecule has 0 saturated carbocycles. The van der Waals surface area contributed by atoms with Crippen molar-refractivity contribution in [3.05, 3.63) is 162 Å². The lowest BCUT2D eigenvalue weighted by atomic mass is 10.0. The third-order valence-corrected chi connectivity index (χ3v) is 6.97. The molecule has 0 heterocycles. The lowest BCUT2D eigenvalue weighted by Crippen LogP contribution is -1.81. The molecule has 6 rings (SSSR count). The van der Waals surface area contributed by atoms with Crippen molar-refractivity contribution < 1.29 is 15.3 Å². The molecule has 5 heteroatoms. The minimum absolute atomic E-state index is 0.374. The van der Waals surface area contributed by atoms with Gasteiger partial charge in [-0.1, -0.05) is 146 Å². The van der Waals surface area contributed by atoms with E-state index in [9.17, 15) is 15.3 Å². The van der Waals surface area contributed by atoms with Crippen molar-refractivity contribution >= 4 is 22.5 Å². The highest BCUT2D eigenvalue weighted by atomic mass is 33.1. The predicted molar refractivity (Wildman–Crippen MR) is 197 cm³/mol. The first kappa shape index (κ1) is 34.9. The van der Waals surface area contributed by atoms with Gasteiger partial charge in [-0.25, -0.2) is 0 Å². The average molecular weight is 633 g/mol. The zero-order chi connectivity index (χ0) is 32.6. The number of thiol groups is 1. The Bertz CT molecular complexity index is 1530. The molecule has 0 aromatic heterocycles. The number of aryl methyl sites for hydroxylation is 3. The highest BCUT2D eigenvalue weighted by Crippen LogP contribution is 2.33. The molecule has 0 atom stereocenters. The lowest BCUT2D eigenvalue weighted by Gasteiger charge is -2.06. The fourth-order valence-electron chi connectivity index (χ4n) is 4.53. The van der Waals surface area contributed by atoms with Gasteiger partial charge in [0.15, 0.2) is 0 Å². The zero-order valence-corrected chi connectivity index (χ0v) is 27.8. The van der Waals surface area contributed by atoms with Crippen molar-refractivity contribution in [2.24, 2.45) is 0 Å². The first-order valence-corrected chi connectivity index (χ1v) is 16.8. The van der Waals surface area contributed by atoms with E-state index in [0.29, 0.717) is 17.2 Å². The van der Waals surface area contributed by atoms with Gasteiger partial charge >= 0.3 is 0 Å². The van der Waals surface area contributed by atoms with E-state index < -0.39 is 0 Å². The van der Waals surface area contributed by atoms with Crippen LogP contribution in [0.25, 0.3) is 33.4 Å². The Morgan fingerprint density at radius 1 is 0.378 bits per heavy atom. The Balaban J connectivity index is 0.000000176. The van der Waals surface area contributed by atoms with Crippen LogP contribution in [0, 0.1) is 20.8 Å². The first-order valence-electron chi connectivity index (χ1n) is 14.5. The third-order valence-electron chi connectivity index (χ3n) is 6.97. The fraction of sp³-hybridized carbons (Fsp3) is 0.100. The summed E-state index contributed by atoms with van der Waals surface area (Å²) in [7, 11) is 1.44. The van der Waals surface area contributed by atoms with Gasteiger partial charge in [0.2, 0.25) is 0 Å². The lowest BCUT2D eigenvalue weighted by molar-refractivity contribution is 0.472. The van der Waals surface area contributed by atoms with Crippen molar-refractivity contribution in [3.63, 3.8) is 0 Å². The Morgan fingerprint density at radius 2 is 0.600 bits per heavy atom. The number of para-hydroxylation sites is 3. The van der Waals surface area contributed by atoms with Gasteiger partial charge in [0.05, 0.1) is 0 Å². The monoisotopic (exact) mass is 632 g/mol. The van der Waals surface area contributed by atoms with Gasteiger partial charge in [-0.05, 0) is 60.4 Å². The van der Waals surface area contributed by atoms with Crippen LogP contribution in [0.3, 0.4) is 0 Å². The van der Waals surface area contributed by atoms with Crippen LogP contribution in [-0.4, -0.2) is 21.6 Å². The summed E-state index contributed by atoms with van der Waals surface area (Å²) >= 11 is 3.71. The van der Waals surface area contributed by atoms with E-state index >= 15 is 0 Å². The number of phenols is 3. The summed E-state index contributed by atoms with van der Waals surface area (Å²) in [4.78, 5) is 0. The highest BCUT2D eigenvalue weighted by Gasteiger charge is 2.06. The van der Waals surface area contributed by atoms with E-state index in [1.807, 2.05) is 173 Å². The number of rotatable bonds is 3. The molecule has 45 heavy (non-hydrogen) atoms. The summed E-state index contributed by atoms with van der Waals surface area (Å²) in [5, 5.41) is 29.6. The second kappa shape index (κ2) is 18.3. The second-order valence-electron chi connectivity index (χ2n) is 10.2. The van der Waals surface area contributed by atoms with E-state index in [1.54, 1.807) is 0 Å². The van der Waals surface area contributed by atoms with Crippen molar-refractivity contribution in [1.29, 1.82) is 0 Å². The summed E-state index contributed by atoms with van der Waals surface area (Å²) < 4.78 is 0. The third kappa shape index (κ3) is 10.2. The Hall–Kier alpha value is -4.58. The van der Waals surface area contributed by atoms with Gasteiger partial charge in [0.25, 0.3) is 0 Å². The van der Waals surface area contributed by atoms with Crippen LogP contribution in [0.5, 0.6) is 17.2 Å². The fourth-order valence-corrected chi connectivity index (χ4v) is 4.53.